The third-order valence-corrected chi connectivity index (χ3v) is 4.58. The van der Waals surface area contributed by atoms with Gasteiger partial charge in [-0.2, -0.15) is 0 Å². The summed E-state index contributed by atoms with van der Waals surface area (Å²) in [6.07, 6.45) is 3.05. The average Bonchev–Trinajstić information content (AvgIpc) is 2.74. The van der Waals surface area contributed by atoms with Gasteiger partial charge in [-0.25, -0.2) is 0 Å². The molecular weight excluding hydrogens is 396 g/mol. The molecule has 0 N–H and O–H groups in total. The smallest absolute Gasteiger partial charge is 0.227 e. The Hall–Kier alpha value is -3.20. The van der Waals surface area contributed by atoms with E-state index in [2.05, 4.69) is 0 Å². The molecule has 2 rings (SSSR count). The number of carbonyl (C=O) groups is 4. The first-order chi connectivity index (χ1) is 14.4. The van der Waals surface area contributed by atoms with Crippen molar-refractivity contribution in [2.45, 2.75) is 19.3 Å². The summed E-state index contributed by atoms with van der Waals surface area (Å²) in [4.78, 5) is 48.7. The molecule has 0 amide bonds. The van der Waals surface area contributed by atoms with Crippen molar-refractivity contribution < 1.29 is 42.9 Å². The van der Waals surface area contributed by atoms with Crippen molar-refractivity contribution in [3.05, 3.63) is 46.3 Å². The van der Waals surface area contributed by atoms with Crippen molar-refractivity contribution in [1.82, 2.24) is 0 Å². The van der Waals surface area contributed by atoms with Crippen molar-refractivity contribution in [3.63, 3.8) is 0 Å². The van der Waals surface area contributed by atoms with Crippen LogP contribution >= 0.6 is 0 Å². The molecule has 0 unspecified atom stereocenters. The number of rotatable bonds is 11. The van der Waals surface area contributed by atoms with Gasteiger partial charge in [0.1, 0.15) is 0 Å². The number of allylic oxidation sites excluding steroid dienone is 4. The predicted octanol–water partition coefficient (Wildman–Crippen LogP) is 1.34. The fourth-order valence-corrected chi connectivity index (χ4v) is 3.13. The Labute approximate surface area is 173 Å². The molecule has 0 aromatic carbocycles. The van der Waals surface area contributed by atoms with Crippen molar-refractivity contribution >= 4 is 23.1 Å². The van der Waals surface area contributed by atoms with Gasteiger partial charge in [0.2, 0.25) is 23.1 Å². The number of Topliss-reactive ketones (excluding diaryl/α,β-unsaturated/α-hetero) is 2. The Morgan fingerprint density at radius 3 is 1.53 bits per heavy atom. The number of methoxy groups -OCH3 is 4. The lowest BCUT2D eigenvalue weighted by molar-refractivity contribution is -0.120. The first-order valence-electron chi connectivity index (χ1n) is 9.21. The van der Waals surface area contributed by atoms with E-state index in [0.29, 0.717) is 6.42 Å². The van der Waals surface area contributed by atoms with E-state index < -0.39 is 23.1 Å². The van der Waals surface area contributed by atoms with E-state index in [0.717, 1.165) is 12.2 Å². The number of hydrogen-bond acceptors (Lipinski definition) is 9. The number of ether oxygens (including phenoxy) is 5. The molecule has 0 aliphatic heterocycles. The van der Waals surface area contributed by atoms with Gasteiger partial charge in [-0.1, -0.05) is 0 Å². The van der Waals surface area contributed by atoms with Crippen LogP contribution in [0.1, 0.15) is 19.3 Å². The Morgan fingerprint density at radius 1 is 0.633 bits per heavy atom. The molecule has 0 aromatic rings. The van der Waals surface area contributed by atoms with Gasteiger partial charge >= 0.3 is 0 Å². The summed E-state index contributed by atoms with van der Waals surface area (Å²) in [7, 11) is 5.28. The van der Waals surface area contributed by atoms with Crippen molar-refractivity contribution in [2.75, 3.05) is 41.7 Å². The minimum atomic E-state index is -0.439. The second-order valence-corrected chi connectivity index (χ2v) is 6.30. The van der Waals surface area contributed by atoms with Crippen molar-refractivity contribution in [1.29, 1.82) is 0 Å². The highest BCUT2D eigenvalue weighted by Crippen LogP contribution is 2.25. The summed E-state index contributed by atoms with van der Waals surface area (Å²) >= 11 is 0. The molecule has 0 atom stereocenters. The molecule has 0 aromatic heterocycles. The third-order valence-electron chi connectivity index (χ3n) is 4.58. The Bertz CT molecular complexity index is 799. The number of carbonyl (C=O) groups excluding carboxylic acids is 4. The first kappa shape index (κ1) is 23.1. The molecule has 0 radical (unpaired) electrons. The monoisotopic (exact) mass is 420 g/mol. The molecule has 0 fully saturated rings. The summed E-state index contributed by atoms with van der Waals surface area (Å²) in [5.41, 5.74) is 0.423. The van der Waals surface area contributed by atoms with Gasteiger partial charge in [0.25, 0.3) is 0 Å². The Morgan fingerprint density at radius 2 is 1.10 bits per heavy atom. The van der Waals surface area contributed by atoms with Crippen LogP contribution in [-0.2, 0) is 42.9 Å². The summed E-state index contributed by atoms with van der Waals surface area (Å²) in [5, 5.41) is 0. The normalized spacial score (nSPS) is 17.2. The predicted molar refractivity (Wildman–Crippen MR) is 103 cm³/mol. The largest absolute Gasteiger partial charge is 0.493 e. The second-order valence-electron chi connectivity index (χ2n) is 6.30. The SMILES string of the molecule is COC1=CC(=O)C(OC)=C(CCCOCCC2=C(OC)C(=O)C=C(OC)C2=O)C1=O. The maximum absolute atomic E-state index is 12.4. The summed E-state index contributed by atoms with van der Waals surface area (Å²) in [5.74, 6) is -1.77. The molecule has 9 nitrogen and oxygen atoms in total. The molecule has 0 bridgehead atoms. The zero-order valence-electron chi connectivity index (χ0n) is 17.4. The van der Waals surface area contributed by atoms with Crippen LogP contribution in [0.2, 0.25) is 0 Å². The number of hydrogen-bond donors (Lipinski definition) is 0. The van der Waals surface area contributed by atoms with E-state index >= 15 is 0 Å². The molecule has 2 aliphatic carbocycles. The van der Waals surface area contributed by atoms with Gasteiger partial charge in [-0.3, -0.25) is 19.2 Å². The number of ketones is 4. The van der Waals surface area contributed by atoms with E-state index in [-0.39, 0.29) is 60.2 Å². The van der Waals surface area contributed by atoms with E-state index in [4.69, 9.17) is 23.7 Å². The van der Waals surface area contributed by atoms with Crippen molar-refractivity contribution in [2.24, 2.45) is 0 Å². The van der Waals surface area contributed by atoms with Gasteiger partial charge in [0.15, 0.2) is 23.0 Å². The lowest BCUT2D eigenvalue weighted by atomic mass is 9.96. The van der Waals surface area contributed by atoms with E-state index in [1.54, 1.807) is 0 Å². The van der Waals surface area contributed by atoms with Crippen LogP contribution in [0.25, 0.3) is 0 Å². The van der Waals surface area contributed by atoms with Gasteiger partial charge in [-0.15, -0.1) is 0 Å². The van der Waals surface area contributed by atoms with E-state index in [9.17, 15) is 19.2 Å². The third kappa shape index (κ3) is 4.85. The molecule has 2 aliphatic rings. The lowest BCUT2D eigenvalue weighted by Crippen LogP contribution is -2.22. The van der Waals surface area contributed by atoms with Crippen molar-refractivity contribution in [3.8, 4) is 0 Å². The van der Waals surface area contributed by atoms with Gasteiger partial charge in [0.05, 0.1) is 40.6 Å². The highest BCUT2D eigenvalue weighted by molar-refractivity contribution is 6.21. The maximum atomic E-state index is 12.4. The summed E-state index contributed by atoms with van der Waals surface area (Å²) in [6, 6.07) is 0. The fraction of sp³-hybridized carbons (Fsp3) is 0.429. The molecule has 162 valence electrons. The van der Waals surface area contributed by atoms with Gasteiger partial charge in [-0.05, 0) is 12.8 Å². The molecule has 0 saturated carbocycles. The second kappa shape index (κ2) is 10.5. The minimum Gasteiger partial charge on any atom is -0.493 e. The fourth-order valence-electron chi connectivity index (χ4n) is 3.13. The maximum Gasteiger partial charge on any atom is 0.227 e. The van der Waals surface area contributed by atoms with Crippen LogP contribution in [0.3, 0.4) is 0 Å². The molecular formula is C21H24O9. The molecule has 30 heavy (non-hydrogen) atoms. The Kier molecular flexibility index (Phi) is 8.11. The molecule has 9 heteroatoms. The van der Waals surface area contributed by atoms with Crippen LogP contribution in [0.4, 0.5) is 0 Å². The van der Waals surface area contributed by atoms with E-state index in [1.165, 1.54) is 28.4 Å². The lowest BCUT2D eigenvalue weighted by Gasteiger charge is -2.18. The molecule has 0 spiro atoms. The van der Waals surface area contributed by atoms with Crippen LogP contribution < -0.4 is 0 Å². The standard InChI is InChI=1S/C21H24O9/c1-26-16-10-14(22)20(28-3)12(18(16)24)6-5-8-30-9-7-13-19(25)17(27-2)11-15(23)21(13)29-4/h10-11H,5-9H2,1-4H3. The zero-order chi connectivity index (χ0) is 22.3. The summed E-state index contributed by atoms with van der Waals surface area (Å²) < 4.78 is 25.5. The first-order valence-corrected chi connectivity index (χ1v) is 9.21. The van der Waals surface area contributed by atoms with Crippen LogP contribution in [0.5, 0.6) is 0 Å². The average molecular weight is 420 g/mol. The molecule has 0 heterocycles. The van der Waals surface area contributed by atoms with Crippen LogP contribution in [-0.4, -0.2) is 64.8 Å². The Balaban J connectivity index is 1.90. The topological polar surface area (TPSA) is 114 Å². The summed E-state index contributed by atoms with van der Waals surface area (Å²) in [6.45, 7) is 0.420. The zero-order valence-corrected chi connectivity index (χ0v) is 17.4. The van der Waals surface area contributed by atoms with Crippen LogP contribution in [0.15, 0.2) is 46.3 Å². The highest BCUT2D eigenvalue weighted by atomic mass is 16.5. The van der Waals surface area contributed by atoms with Crippen LogP contribution in [0, 0.1) is 0 Å². The van der Waals surface area contributed by atoms with Gasteiger partial charge in [0, 0.05) is 30.8 Å². The molecule has 0 saturated heterocycles. The minimum absolute atomic E-state index is 0.000823. The quantitative estimate of drug-likeness (QED) is 0.361. The van der Waals surface area contributed by atoms with Gasteiger partial charge < -0.3 is 23.7 Å². The van der Waals surface area contributed by atoms with E-state index in [1.807, 2.05) is 0 Å². The highest BCUT2D eigenvalue weighted by Gasteiger charge is 2.31.